The number of para-hydroxylation sites is 1. The second-order valence-corrected chi connectivity index (χ2v) is 6.59. The zero-order valence-corrected chi connectivity index (χ0v) is 13.6. The van der Waals surface area contributed by atoms with Crippen molar-refractivity contribution in [2.75, 3.05) is 13.2 Å². The van der Waals surface area contributed by atoms with Crippen LogP contribution in [0.1, 0.15) is 51.0 Å². The van der Waals surface area contributed by atoms with Gasteiger partial charge in [0, 0.05) is 12.6 Å². The number of carbonyl (C=O) groups excluding carboxylic acids is 1. The van der Waals surface area contributed by atoms with Crippen molar-refractivity contribution in [1.82, 2.24) is 4.90 Å². The normalized spacial score (nSPS) is 24.7. The predicted molar refractivity (Wildman–Crippen MR) is 88.0 cm³/mol. The van der Waals surface area contributed by atoms with Gasteiger partial charge in [0.25, 0.3) is 5.91 Å². The molecule has 0 aromatic heterocycles. The van der Waals surface area contributed by atoms with Crippen molar-refractivity contribution < 1.29 is 9.53 Å². The number of fused-ring (bicyclic) bond motifs is 1. The van der Waals surface area contributed by atoms with Gasteiger partial charge in [-0.25, -0.2) is 0 Å². The number of hydrogen-bond donors (Lipinski definition) is 0. The molecule has 0 N–H and O–H groups in total. The molecule has 1 aromatic carbocycles. The molecule has 2 unspecified atom stereocenters. The first-order chi connectivity index (χ1) is 10.8. The maximum Gasteiger partial charge on any atom is 0.260 e. The fourth-order valence-electron chi connectivity index (χ4n) is 4.09. The molecule has 1 aromatic rings. The van der Waals surface area contributed by atoms with Crippen LogP contribution in [0.4, 0.5) is 0 Å². The smallest absolute Gasteiger partial charge is 0.260 e. The third-order valence-corrected chi connectivity index (χ3v) is 5.27. The second-order valence-electron chi connectivity index (χ2n) is 6.59. The van der Waals surface area contributed by atoms with Crippen LogP contribution in [0.15, 0.2) is 24.3 Å². The van der Waals surface area contributed by atoms with Crippen molar-refractivity contribution in [2.24, 2.45) is 5.92 Å². The number of rotatable bonds is 4. The SMILES string of the molecule is CCc1ccccc1OCC(=O)N1CCCC2CCCCC21. The average Bonchev–Trinajstić information content (AvgIpc) is 2.59. The van der Waals surface area contributed by atoms with Gasteiger partial charge in [0.1, 0.15) is 5.75 Å². The van der Waals surface area contributed by atoms with E-state index in [1.54, 1.807) is 0 Å². The first-order valence-corrected chi connectivity index (χ1v) is 8.79. The molecular weight excluding hydrogens is 274 g/mol. The summed E-state index contributed by atoms with van der Waals surface area (Å²) in [4.78, 5) is 14.7. The molecule has 2 fully saturated rings. The van der Waals surface area contributed by atoms with Crippen molar-refractivity contribution in [1.29, 1.82) is 0 Å². The lowest BCUT2D eigenvalue weighted by atomic mass is 9.78. The van der Waals surface area contributed by atoms with Gasteiger partial charge in [-0.05, 0) is 49.7 Å². The molecule has 2 atom stereocenters. The zero-order valence-electron chi connectivity index (χ0n) is 13.6. The molecule has 2 aliphatic rings. The first-order valence-electron chi connectivity index (χ1n) is 8.79. The van der Waals surface area contributed by atoms with Crippen molar-refractivity contribution in [3.8, 4) is 5.75 Å². The molecule has 1 heterocycles. The van der Waals surface area contributed by atoms with E-state index in [0.29, 0.717) is 6.04 Å². The summed E-state index contributed by atoms with van der Waals surface area (Å²) < 4.78 is 5.83. The summed E-state index contributed by atoms with van der Waals surface area (Å²) >= 11 is 0. The van der Waals surface area contributed by atoms with E-state index in [-0.39, 0.29) is 12.5 Å². The minimum atomic E-state index is 0.169. The Balaban J connectivity index is 1.61. The third-order valence-electron chi connectivity index (χ3n) is 5.27. The Morgan fingerprint density at radius 2 is 1.95 bits per heavy atom. The van der Waals surface area contributed by atoms with E-state index in [4.69, 9.17) is 4.74 Å². The van der Waals surface area contributed by atoms with E-state index < -0.39 is 0 Å². The number of piperidine rings is 1. The number of amides is 1. The highest BCUT2D eigenvalue weighted by molar-refractivity contribution is 5.78. The van der Waals surface area contributed by atoms with Crippen molar-refractivity contribution in [2.45, 2.75) is 57.9 Å². The van der Waals surface area contributed by atoms with Crippen LogP contribution in [0.2, 0.25) is 0 Å². The number of likely N-dealkylation sites (tertiary alicyclic amines) is 1. The Hall–Kier alpha value is -1.51. The molecule has 0 radical (unpaired) electrons. The Morgan fingerprint density at radius 3 is 2.82 bits per heavy atom. The van der Waals surface area contributed by atoms with Gasteiger partial charge in [0.15, 0.2) is 6.61 Å². The summed E-state index contributed by atoms with van der Waals surface area (Å²) in [6, 6.07) is 8.49. The summed E-state index contributed by atoms with van der Waals surface area (Å²) in [5, 5.41) is 0. The van der Waals surface area contributed by atoms with Gasteiger partial charge in [-0.1, -0.05) is 38.0 Å². The summed E-state index contributed by atoms with van der Waals surface area (Å²) in [5.74, 6) is 1.76. The molecule has 0 bridgehead atoms. The Kier molecular flexibility index (Phi) is 5.01. The summed E-state index contributed by atoms with van der Waals surface area (Å²) in [6.07, 6.45) is 8.47. The molecule has 120 valence electrons. The van der Waals surface area contributed by atoms with Gasteiger partial charge in [0.05, 0.1) is 0 Å². The molecule has 3 nitrogen and oxygen atoms in total. The lowest BCUT2D eigenvalue weighted by molar-refractivity contribution is -0.139. The van der Waals surface area contributed by atoms with Gasteiger partial charge in [-0.3, -0.25) is 4.79 Å². The van der Waals surface area contributed by atoms with Crippen molar-refractivity contribution in [3.63, 3.8) is 0 Å². The van der Waals surface area contributed by atoms with Gasteiger partial charge in [-0.15, -0.1) is 0 Å². The van der Waals surface area contributed by atoms with E-state index in [1.807, 2.05) is 18.2 Å². The molecule has 3 heteroatoms. The van der Waals surface area contributed by atoms with Gasteiger partial charge < -0.3 is 9.64 Å². The molecule has 22 heavy (non-hydrogen) atoms. The number of nitrogens with zero attached hydrogens (tertiary/aromatic N) is 1. The minimum Gasteiger partial charge on any atom is -0.483 e. The number of benzene rings is 1. The van der Waals surface area contributed by atoms with Gasteiger partial charge in [-0.2, -0.15) is 0 Å². The number of hydrogen-bond acceptors (Lipinski definition) is 2. The topological polar surface area (TPSA) is 29.5 Å². The van der Waals surface area contributed by atoms with Crippen LogP contribution in [0.25, 0.3) is 0 Å². The molecule has 3 rings (SSSR count). The fourth-order valence-corrected chi connectivity index (χ4v) is 4.09. The number of aryl methyl sites for hydroxylation is 1. The maximum atomic E-state index is 12.6. The van der Waals surface area contributed by atoms with Crippen LogP contribution in [0.3, 0.4) is 0 Å². The lowest BCUT2D eigenvalue weighted by Crippen LogP contribution is -2.51. The van der Waals surface area contributed by atoms with Crippen LogP contribution in [-0.2, 0) is 11.2 Å². The van der Waals surface area contributed by atoms with Gasteiger partial charge in [0.2, 0.25) is 0 Å². The van der Waals surface area contributed by atoms with Crippen LogP contribution < -0.4 is 4.74 Å². The average molecular weight is 301 g/mol. The van der Waals surface area contributed by atoms with E-state index in [9.17, 15) is 4.79 Å². The highest BCUT2D eigenvalue weighted by Crippen LogP contribution is 2.35. The molecule has 0 spiro atoms. The molecule has 1 saturated heterocycles. The fraction of sp³-hybridized carbons (Fsp3) is 0.632. The number of ether oxygens (including phenoxy) is 1. The van der Waals surface area contributed by atoms with Gasteiger partial charge >= 0.3 is 0 Å². The Bertz CT molecular complexity index is 512. The Labute approximate surface area is 133 Å². The van der Waals surface area contributed by atoms with Crippen molar-refractivity contribution >= 4 is 5.91 Å². The van der Waals surface area contributed by atoms with Crippen LogP contribution in [0, 0.1) is 5.92 Å². The zero-order chi connectivity index (χ0) is 15.4. The quantitative estimate of drug-likeness (QED) is 0.846. The van der Waals surface area contributed by atoms with Crippen LogP contribution >= 0.6 is 0 Å². The van der Waals surface area contributed by atoms with Crippen LogP contribution in [0.5, 0.6) is 5.75 Å². The van der Waals surface area contributed by atoms with E-state index in [0.717, 1.165) is 31.1 Å². The third kappa shape index (κ3) is 3.29. The molecule has 1 aliphatic carbocycles. The van der Waals surface area contributed by atoms with E-state index >= 15 is 0 Å². The van der Waals surface area contributed by atoms with Crippen LogP contribution in [-0.4, -0.2) is 30.0 Å². The first kappa shape index (κ1) is 15.4. The lowest BCUT2D eigenvalue weighted by Gasteiger charge is -2.44. The summed E-state index contributed by atoms with van der Waals surface area (Å²) in [7, 11) is 0. The van der Waals surface area contributed by atoms with E-state index in [2.05, 4.69) is 17.9 Å². The molecule has 1 amide bonds. The summed E-state index contributed by atoms with van der Waals surface area (Å²) in [6.45, 7) is 3.21. The maximum absolute atomic E-state index is 12.6. The standard InChI is InChI=1S/C19H27NO2/c1-2-15-8-4-6-12-18(15)22-14-19(21)20-13-7-10-16-9-3-5-11-17(16)20/h4,6,8,12,16-17H,2-3,5,7,9-11,13-14H2,1H3. The Morgan fingerprint density at radius 1 is 1.18 bits per heavy atom. The highest BCUT2D eigenvalue weighted by atomic mass is 16.5. The largest absolute Gasteiger partial charge is 0.483 e. The highest BCUT2D eigenvalue weighted by Gasteiger charge is 2.35. The van der Waals surface area contributed by atoms with E-state index in [1.165, 1.54) is 37.7 Å². The monoisotopic (exact) mass is 301 g/mol. The predicted octanol–water partition coefficient (Wildman–Crippen LogP) is 3.81. The molecule has 1 aliphatic heterocycles. The summed E-state index contributed by atoms with van der Waals surface area (Å²) in [5.41, 5.74) is 1.17. The molecular formula is C19H27NO2. The second kappa shape index (κ2) is 7.17. The number of carbonyl (C=O) groups is 1. The minimum absolute atomic E-state index is 0.169. The molecule has 1 saturated carbocycles. The van der Waals surface area contributed by atoms with Crippen molar-refractivity contribution in [3.05, 3.63) is 29.8 Å².